The Kier molecular flexibility index (Phi) is 7.94. The second kappa shape index (κ2) is 10.6. The number of hydrogen-bond donors (Lipinski definition) is 1. The molecule has 1 aliphatic rings. The van der Waals surface area contributed by atoms with E-state index in [2.05, 4.69) is 38.8 Å². The molecule has 0 bridgehead atoms. The average molecular weight is 418 g/mol. The predicted octanol–water partition coefficient (Wildman–Crippen LogP) is 2.96. The third-order valence-electron chi connectivity index (χ3n) is 4.76. The molecule has 1 unspecified atom stereocenters. The summed E-state index contributed by atoms with van der Waals surface area (Å²) >= 11 is 1.50. The summed E-state index contributed by atoms with van der Waals surface area (Å²) in [4.78, 5) is 15.0. The summed E-state index contributed by atoms with van der Waals surface area (Å²) in [6.45, 7) is 10.8. The number of aromatic nitrogens is 3. The van der Waals surface area contributed by atoms with E-state index in [0.29, 0.717) is 25.7 Å². The van der Waals surface area contributed by atoms with Gasteiger partial charge in [0.15, 0.2) is 5.16 Å². The lowest BCUT2D eigenvalue weighted by Crippen LogP contribution is -2.38. The minimum absolute atomic E-state index is 0.0355. The Morgan fingerprint density at radius 2 is 1.93 bits per heavy atom. The molecule has 0 radical (unpaired) electrons. The van der Waals surface area contributed by atoms with Gasteiger partial charge in [0.25, 0.3) is 0 Å². The van der Waals surface area contributed by atoms with Gasteiger partial charge in [-0.2, -0.15) is 0 Å². The average Bonchev–Trinajstić information content (AvgIpc) is 3.13. The molecule has 0 saturated carbocycles. The number of carbonyl (C=O) groups is 1. The number of nitrogens with zero attached hydrogens (tertiary/aromatic N) is 4. The molecule has 1 aromatic carbocycles. The molecule has 1 aromatic heterocycles. The van der Waals surface area contributed by atoms with E-state index in [4.69, 9.17) is 4.74 Å². The van der Waals surface area contributed by atoms with Crippen LogP contribution in [0.4, 0.5) is 5.95 Å². The van der Waals surface area contributed by atoms with Crippen LogP contribution in [0, 0.1) is 5.92 Å². The standard InChI is InChI=1S/C21H31N5O2S/c1-4-18(19(27)22-14-17-8-6-5-7-9-17)29-21-24-23-20(26(21)15-16(2)3)25-10-12-28-13-11-25/h5-9,16,18H,4,10-15H2,1-3H3,(H,22,27). The lowest BCUT2D eigenvalue weighted by Gasteiger charge is -2.28. The van der Waals surface area contributed by atoms with Crippen LogP contribution in [0.3, 0.4) is 0 Å². The molecule has 1 fully saturated rings. The Hall–Kier alpha value is -2.06. The molecule has 3 rings (SSSR count). The van der Waals surface area contributed by atoms with Gasteiger partial charge in [0, 0.05) is 26.2 Å². The lowest BCUT2D eigenvalue weighted by molar-refractivity contribution is -0.120. The zero-order valence-corrected chi connectivity index (χ0v) is 18.3. The second-order valence-electron chi connectivity index (χ2n) is 7.60. The van der Waals surface area contributed by atoms with Crippen LogP contribution in [0.25, 0.3) is 0 Å². The fourth-order valence-corrected chi connectivity index (χ4v) is 4.22. The first kappa shape index (κ1) is 21.6. The number of morpholine rings is 1. The fraction of sp³-hybridized carbons (Fsp3) is 0.571. The molecule has 8 heteroatoms. The first-order chi connectivity index (χ1) is 14.1. The maximum atomic E-state index is 12.8. The number of thioether (sulfide) groups is 1. The van der Waals surface area contributed by atoms with E-state index in [9.17, 15) is 4.79 Å². The van der Waals surface area contributed by atoms with Crippen LogP contribution in [-0.2, 0) is 22.6 Å². The van der Waals surface area contributed by atoms with Crippen LogP contribution >= 0.6 is 11.8 Å². The minimum Gasteiger partial charge on any atom is -0.378 e. The topological polar surface area (TPSA) is 72.3 Å². The third kappa shape index (κ3) is 5.96. The smallest absolute Gasteiger partial charge is 0.233 e. The molecule has 1 aliphatic heterocycles. The highest BCUT2D eigenvalue weighted by molar-refractivity contribution is 8.00. The number of nitrogens with one attached hydrogen (secondary N) is 1. The van der Waals surface area contributed by atoms with E-state index in [1.54, 1.807) is 0 Å². The van der Waals surface area contributed by atoms with E-state index in [1.807, 2.05) is 37.3 Å². The molecular formula is C21H31N5O2S. The number of benzene rings is 1. The first-order valence-corrected chi connectivity index (χ1v) is 11.2. The number of ether oxygens (including phenoxy) is 1. The van der Waals surface area contributed by atoms with Crippen LogP contribution < -0.4 is 10.2 Å². The van der Waals surface area contributed by atoms with Crippen molar-refractivity contribution in [1.82, 2.24) is 20.1 Å². The van der Waals surface area contributed by atoms with E-state index in [-0.39, 0.29) is 11.2 Å². The van der Waals surface area contributed by atoms with Gasteiger partial charge < -0.3 is 15.0 Å². The third-order valence-corrected chi connectivity index (χ3v) is 6.10. The van der Waals surface area contributed by atoms with Crippen molar-refractivity contribution in [2.24, 2.45) is 5.92 Å². The van der Waals surface area contributed by atoms with Gasteiger partial charge in [0.2, 0.25) is 11.9 Å². The summed E-state index contributed by atoms with van der Waals surface area (Å²) in [5.41, 5.74) is 1.10. The van der Waals surface area contributed by atoms with E-state index in [0.717, 1.165) is 42.7 Å². The molecule has 1 amide bonds. The Bertz CT molecular complexity index is 775. The van der Waals surface area contributed by atoms with Crippen LogP contribution in [-0.4, -0.2) is 52.2 Å². The van der Waals surface area contributed by atoms with Gasteiger partial charge in [-0.05, 0) is 17.9 Å². The first-order valence-electron chi connectivity index (χ1n) is 10.3. The monoisotopic (exact) mass is 417 g/mol. The Morgan fingerprint density at radius 1 is 1.21 bits per heavy atom. The zero-order valence-electron chi connectivity index (χ0n) is 17.5. The molecule has 1 atom stereocenters. The van der Waals surface area contributed by atoms with Gasteiger partial charge in [-0.25, -0.2) is 0 Å². The van der Waals surface area contributed by atoms with E-state index in [1.165, 1.54) is 11.8 Å². The van der Waals surface area contributed by atoms with Crippen molar-refractivity contribution in [3.05, 3.63) is 35.9 Å². The van der Waals surface area contributed by atoms with Crippen molar-refractivity contribution in [1.29, 1.82) is 0 Å². The SMILES string of the molecule is CCC(Sc1nnc(N2CCOCC2)n1CC(C)C)C(=O)NCc1ccccc1. The van der Waals surface area contributed by atoms with Gasteiger partial charge in [0.1, 0.15) is 0 Å². The van der Waals surface area contributed by atoms with Gasteiger partial charge in [0.05, 0.1) is 18.5 Å². The summed E-state index contributed by atoms with van der Waals surface area (Å²) in [5, 5.41) is 12.6. The van der Waals surface area contributed by atoms with Gasteiger partial charge >= 0.3 is 0 Å². The Balaban J connectivity index is 1.70. The highest BCUT2D eigenvalue weighted by atomic mass is 32.2. The summed E-state index contributed by atoms with van der Waals surface area (Å²) in [7, 11) is 0. The second-order valence-corrected chi connectivity index (χ2v) is 8.77. The van der Waals surface area contributed by atoms with Gasteiger partial charge in [-0.15, -0.1) is 10.2 Å². The number of rotatable bonds is 9. The van der Waals surface area contributed by atoms with Gasteiger partial charge in [-0.3, -0.25) is 9.36 Å². The molecule has 2 heterocycles. The van der Waals surface area contributed by atoms with Crippen molar-refractivity contribution < 1.29 is 9.53 Å². The summed E-state index contributed by atoms with van der Waals surface area (Å²) in [5.74, 6) is 1.37. The molecule has 29 heavy (non-hydrogen) atoms. The largest absolute Gasteiger partial charge is 0.378 e. The van der Waals surface area contributed by atoms with Crippen molar-refractivity contribution >= 4 is 23.6 Å². The molecule has 2 aromatic rings. The molecule has 1 saturated heterocycles. The van der Waals surface area contributed by atoms with Gasteiger partial charge in [-0.1, -0.05) is 62.9 Å². The van der Waals surface area contributed by atoms with Crippen molar-refractivity contribution in [2.45, 2.75) is 50.7 Å². The fourth-order valence-electron chi connectivity index (χ4n) is 3.24. The summed E-state index contributed by atoms with van der Waals surface area (Å²) < 4.78 is 7.63. The van der Waals surface area contributed by atoms with E-state index >= 15 is 0 Å². The van der Waals surface area contributed by atoms with Crippen molar-refractivity contribution in [2.75, 3.05) is 31.2 Å². The maximum absolute atomic E-state index is 12.8. The lowest BCUT2D eigenvalue weighted by atomic mass is 10.2. The van der Waals surface area contributed by atoms with Crippen LogP contribution in [0.15, 0.2) is 35.5 Å². The van der Waals surface area contributed by atoms with Crippen LogP contribution in [0.1, 0.15) is 32.8 Å². The molecule has 0 spiro atoms. The quantitative estimate of drug-likeness (QED) is 0.633. The molecule has 7 nitrogen and oxygen atoms in total. The van der Waals surface area contributed by atoms with Crippen LogP contribution in [0.2, 0.25) is 0 Å². The number of anilines is 1. The molecule has 158 valence electrons. The molecular weight excluding hydrogens is 386 g/mol. The van der Waals surface area contributed by atoms with E-state index < -0.39 is 0 Å². The Morgan fingerprint density at radius 3 is 2.59 bits per heavy atom. The zero-order chi connectivity index (χ0) is 20.6. The number of carbonyl (C=O) groups excluding carboxylic acids is 1. The normalized spacial score (nSPS) is 15.5. The summed E-state index contributed by atoms with van der Waals surface area (Å²) in [6.07, 6.45) is 0.729. The summed E-state index contributed by atoms with van der Waals surface area (Å²) in [6, 6.07) is 9.97. The van der Waals surface area contributed by atoms with Crippen molar-refractivity contribution in [3.8, 4) is 0 Å². The van der Waals surface area contributed by atoms with Crippen LogP contribution in [0.5, 0.6) is 0 Å². The Labute approximate surface area is 177 Å². The predicted molar refractivity (Wildman–Crippen MR) is 116 cm³/mol. The molecule has 1 N–H and O–H groups in total. The number of hydrogen-bond acceptors (Lipinski definition) is 6. The van der Waals surface area contributed by atoms with Crippen molar-refractivity contribution in [3.63, 3.8) is 0 Å². The molecule has 0 aliphatic carbocycles. The highest BCUT2D eigenvalue weighted by Crippen LogP contribution is 2.28. The maximum Gasteiger partial charge on any atom is 0.233 e. The highest BCUT2D eigenvalue weighted by Gasteiger charge is 2.25. The minimum atomic E-state index is -0.202. The number of amides is 1.